The average Bonchev–Trinajstić information content (AvgIpc) is 2.18. The predicted octanol–water partition coefficient (Wildman–Crippen LogP) is 2.03. The van der Waals surface area contributed by atoms with Gasteiger partial charge in [0.15, 0.2) is 11.5 Å². The molecule has 15 heavy (non-hydrogen) atoms. The number of pyridine rings is 1. The molecule has 0 saturated heterocycles. The Morgan fingerprint density at radius 1 is 1.80 bits per heavy atom. The van der Waals surface area contributed by atoms with Crippen molar-refractivity contribution in [2.75, 3.05) is 6.61 Å². The van der Waals surface area contributed by atoms with Crippen LogP contribution < -0.4 is 0 Å². The van der Waals surface area contributed by atoms with Crippen LogP contribution in [0.15, 0.2) is 10.7 Å². The molecule has 6 heteroatoms. The number of halogens is 2. The molecule has 0 bridgehead atoms. The minimum atomic E-state index is -0.820. The first-order valence-electron chi connectivity index (χ1n) is 4.03. The van der Waals surface area contributed by atoms with Crippen LogP contribution in [0.25, 0.3) is 0 Å². The molecule has 0 atom stereocenters. The first-order valence-corrected chi connectivity index (χ1v) is 4.82. The van der Waals surface area contributed by atoms with Crippen LogP contribution >= 0.6 is 15.9 Å². The molecule has 0 aliphatic heterocycles. The van der Waals surface area contributed by atoms with Gasteiger partial charge in [0.2, 0.25) is 0 Å². The number of esters is 1. The average molecular weight is 273 g/mol. The summed E-state index contributed by atoms with van der Waals surface area (Å²) in [5.74, 6) is -1.64. The lowest BCUT2D eigenvalue weighted by atomic mass is 10.2. The Kier molecular flexibility index (Phi) is 3.74. The molecular formula is C9H6BrFN2O2. The molecule has 1 heterocycles. The number of carbonyl (C=O) groups is 1. The molecule has 0 amide bonds. The Balaban J connectivity index is 3.28. The van der Waals surface area contributed by atoms with Crippen molar-refractivity contribution in [1.82, 2.24) is 4.98 Å². The second kappa shape index (κ2) is 4.84. The van der Waals surface area contributed by atoms with Gasteiger partial charge in [-0.2, -0.15) is 5.26 Å². The number of hydrogen-bond acceptors (Lipinski definition) is 4. The number of aromatic nitrogens is 1. The van der Waals surface area contributed by atoms with Gasteiger partial charge in [-0.1, -0.05) is 0 Å². The van der Waals surface area contributed by atoms with Gasteiger partial charge in [-0.15, -0.1) is 0 Å². The lowest BCUT2D eigenvalue weighted by molar-refractivity contribution is 0.0519. The van der Waals surface area contributed by atoms with Crippen LogP contribution in [0.1, 0.15) is 23.0 Å². The van der Waals surface area contributed by atoms with Gasteiger partial charge < -0.3 is 4.74 Å². The molecule has 0 unspecified atom stereocenters. The van der Waals surface area contributed by atoms with Crippen LogP contribution in [-0.4, -0.2) is 17.6 Å². The van der Waals surface area contributed by atoms with Crippen molar-refractivity contribution >= 4 is 21.9 Å². The Morgan fingerprint density at radius 3 is 3.00 bits per heavy atom. The van der Waals surface area contributed by atoms with E-state index in [9.17, 15) is 9.18 Å². The number of hydrogen-bond donors (Lipinski definition) is 0. The molecular weight excluding hydrogens is 267 g/mol. The minimum Gasteiger partial charge on any atom is -0.462 e. The largest absolute Gasteiger partial charge is 0.462 e. The number of ether oxygens (including phenoxy) is 1. The van der Waals surface area contributed by atoms with E-state index in [0.29, 0.717) is 0 Å². The molecule has 1 rings (SSSR count). The Bertz CT molecular complexity index is 442. The molecule has 1 aromatic rings. The van der Waals surface area contributed by atoms with Gasteiger partial charge in [0.05, 0.1) is 17.3 Å². The van der Waals surface area contributed by atoms with Gasteiger partial charge in [-0.25, -0.2) is 14.2 Å². The van der Waals surface area contributed by atoms with E-state index in [-0.39, 0.29) is 22.3 Å². The summed E-state index contributed by atoms with van der Waals surface area (Å²) in [4.78, 5) is 14.8. The van der Waals surface area contributed by atoms with Gasteiger partial charge in [0.1, 0.15) is 11.6 Å². The third-order valence-corrected chi connectivity index (χ3v) is 2.33. The second-order valence-electron chi connectivity index (χ2n) is 2.48. The van der Waals surface area contributed by atoms with Crippen LogP contribution in [0.5, 0.6) is 0 Å². The van der Waals surface area contributed by atoms with E-state index in [1.165, 1.54) is 0 Å². The third kappa shape index (κ3) is 2.30. The van der Waals surface area contributed by atoms with Crippen molar-refractivity contribution in [3.63, 3.8) is 0 Å². The standard InChI is InChI=1S/C9H6BrFN2O2/c1-2-15-9(14)7-5(11)4-13-6(3-12)8(7)10/h4H,2H2,1H3. The zero-order valence-electron chi connectivity index (χ0n) is 7.75. The van der Waals surface area contributed by atoms with E-state index in [2.05, 4.69) is 25.7 Å². The Hall–Kier alpha value is -1.48. The highest BCUT2D eigenvalue weighted by molar-refractivity contribution is 9.10. The summed E-state index contributed by atoms with van der Waals surface area (Å²) in [6, 6.07) is 1.73. The molecule has 0 N–H and O–H groups in total. The molecule has 0 aliphatic rings. The fraction of sp³-hybridized carbons (Fsp3) is 0.222. The summed E-state index contributed by atoms with van der Waals surface area (Å²) in [5, 5.41) is 8.63. The molecule has 1 aromatic heterocycles. The van der Waals surface area contributed by atoms with Crippen LogP contribution in [0.3, 0.4) is 0 Å². The summed E-state index contributed by atoms with van der Waals surface area (Å²) >= 11 is 2.94. The Labute approximate surface area is 93.8 Å². The van der Waals surface area contributed by atoms with Crippen molar-refractivity contribution in [2.24, 2.45) is 0 Å². The van der Waals surface area contributed by atoms with Crippen LogP contribution in [0.2, 0.25) is 0 Å². The van der Waals surface area contributed by atoms with Gasteiger partial charge >= 0.3 is 5.97 Å². The summed E-state index contributed by atoms with van der Waals surface area (Å²) < 4.78 is 17.9. The highest BCUT2D eigenvalue weighted by atomic mass is 79.9. The minimum absolute atomic E-state index is 0.0171. The van der Waals surface area contributed by atoms with Crippen molar-refractivity contribution < 1.29 is 13.9 Å². The number of nitriles is 1. The summed E-state index contributed by atoms with van der Waals surface area (Å²) in [5.41, 5.74) is -0.358. The number of carbonyl (C=O) groups excluding carboxylic acids is 1. The van der Waals surface area contributed by atoms with E-state index in [0.717, 1.165) is 6.20 Å². The van der Waals surface area contributed by atoms with E-state index in [1.807, 2.05) is 0 Å². The normalized spacial score (nSPS) is 9.47. The van der Waals surface area contributed by atoms with Gasteiger partial charge in [-0.3, -0.25) is 0 Å². The van der Waals surface area contributed by atoms with Gasteiger partial charge in [0, 0.05) is 0 Å². The maximum absolute atomic E-state index is 13.2. The first kappa shape index (κ1) is 11.6. The SMILES string of the molecule is CCOC(=O)c1c(F)cnc(C#N)c1Br. The van der Waals surface area contributed by atoms with Crippen molar-refractivity contribution in [2.45, 2.75) is 6.92 Å². The fourth-order valence-corrected chi connectivity index (χ4v) is 1.48. The number of nitrogens with zero attached hydrogens (tertiary/aromatic N) is 2. The second-order valence-corrected chi connectivity index (χ2v) is 3.27. The molecule has 78 valence electrons. The Morgan fingerprint density at radius 2 is 2.47 bits per heavy atom. The molecule has 0 spiro atoms. The summed E-state index contributed by atoms with van der Waals surface area (Å²) in [7, 11) is 0. The molecule has 0 fully saturated rings. The molecule has 4 nitrogen and oxygen atoms in total. The monoisotopic (exact) mass is 272 g/mol. The zero-order chi connectivity index (χ0) is 11.4. The van der Waals surface area contributed by atoms with E-state index < -0.39 is 11.8 Å². The fourth-order valence-electron chi connectivity index (χ4n) is 0.934. The van der Waals surface area contributed by atoms with Crippen LogP contribution in [0, 0.1) is 17.1 Å². The lowest BCUT2D eigenvalue weighted by Gasteiger charge is -2.05. The lowest BCUT2D eigenvalue weighted by Crippen LogP contribution is -2.10. The molecule has 0 aliphatic carbocycles. The van der Waals surface area contributed by atoms with Crippen LogP contribution in [-0.2, 0) is 4.74 Å². The zero-order valence-corrected chi connectivity index (χ0v) is 9.34. The molecule has 0 saturated carbocycles. The summed E-state index contributed by atoms with van der Waals surface area (Å²) in [6.07, 6.45) is 0.815. The van der Waals surface area contributed by atoms with E-state index in [1.54, 1.807) is 13.0 Å². The highest BCUT2D eigenvalue weighted by Crippen LogP contribution is 2.22. The van der Waals surface area contributed by atoms with Crippen molar-refractivity contribution in [1.29, 1.82) is 5.26 Å². The van der Waals surface area contributed by atoms with Crippen LogP contribution in [0.4, 0.5) is 4.39 Å². The smallest absolute Gasteiger partial charge is 0.342 e. The third-order valence-electron chi connectivity index (χ3n) is 1.56. The van der Waals surface area contributed by atoms with Crippen molar-refractivity contribution in [3.8, 4) is 6.07 Å². The summed E-state index contributed by atoms with van der Waals surface area (Å²) in [6.45, 7) is 1.74. The first-order chi connectivity index (χ1) is 7.11. The molecule has 0 aromatic carbocycles. The van der Waals surface area contributed by atoms with E-state index in [4.69, 9.17) is 5.26 Å². The van der Waals surface area contributed by atoms with E-state index >= 15 is 0 Å². The predicted molar refractivity (Wildman–Crippen MR) is 52.6 cm³/mol. The number of rotatable bonds is 2. The maximum Gasteiger partial charge on any atom is 0.342 e. The van der Waals surface area contributed by atoms with Gasteiger partial charge in [-0.05, 0) is 22.9 Å². The molecule has 0 radical (unpaired) electrons. The maximum atomic E-state index is 13.2. The van der Waals surface area contributed by atoms with Crippen molar-refractivity contribution in [3.05, 3.63) is 27.7 Å². The highest BCUT2D eigenvalue weighted by Gasteiger charge is 2.20. The van der Waals surface area contributed by atoms with Gasteiger partial charge in [0.25, 0.3) is 0 Å². The quantitative estimate of drug-likeness (QED) is 0.773. The topological polar surface area (TPSA) is 63.0 Å².